The molecule has 4 unspecified atom stereocenters. The van der Waals surface area contributed by atoms with Gasteiger partial charge in [-0.25, -0.2) is 27.4 Å². The van der Waals surface area contributed by atoms with Crippen LogP contribution >= 0.6 is 46.9 Å². The van der Waals surface area contributed by atoms with Gasteiger partial charge in [0.25, 0.3) is 0 Å². The molecule has 0 heterocycles. The van der Waals surface area contributed by atoms with E-state index in [9.17, 15) is 27.4 Å². The van der Waals surface area contributed by atoms with Crippen LogP contribution in [0.2, 0.25) is 0 Å². The Kier molecular flexibility index (Phi) is 11.6. The number of rotatable bonds is 10. The van der Waals surface area contributed by atoms with Crippen molar-refractivity contribution in [3.63, 3.8) is 0 Å². The molecule has 19 nitrogen and oxygen atoms in total. The van der Waals surface area contributed by atoms with E-state index in [1.54, 1.807) is 0 Å². The van der Waals surface area contributed by atoms with E-state index in [0.717, 1.165) is 0 Å². The Balaban J connectivity index is 0. The monoisotopic (exact) mass is 540 g/mol. The first-order valence-corrected chi connectivity index (χ1v) is 13.6. The number of hydrogen-bond acceptors (Lipinski definition) is 11. The molecular weight excluding hydrogens is 530 g/mol. The van der Waals surface area contributed by atoms with E-state index >= 15 is 0 Å². The van der Waals surface area contributed by atoms with Crippen LogP contribution in [0.1, 0.15) is 0 Å². The predicted octanol–water partition coefficient (Wildman–Crippen LogP) is -1.26. The van der Waals surface area contributed by atoms with Gasteiger partial charge in [-0.2, -0.15) is 21.6 Å². The fourth-order valence-electron chi connectivity index (χ4n) is 0.720. The molecule has 0 aromatic rings. The Bertz CT molecular complexity index is 697. The molecule has 156 valence electrons. The van der Waals surface area contributed by atoms with Crippen molar-refractivity contribution in [1.29, 1.82) is 0 Å². The second kappa shape index (κ2) is 9.95. The first kappa shape index (κ1) is 30.3. The molecule has 0 aromatic carbocycles. The van der Waals surface area contributed by atoms with E-state index in [2.05, 4.69) is 21.6 Å². The van der Waals surface area contributed by atoms with Gasteiger partial charge in [0.2, 0.25) is 0 Å². The van der Waals surface area contributed by atoms with Crippen molar-refractivity contribution in [3.05, 3.63) is 0 Å². The summed E-state index contributed by atoms with van der Waals surface area (Å²) in [5.74, 6) is 0. The molecule has 0 aliphatic heterocycles. The van der Waals surface area contributed by atoms with E-state index in [1.807, 2.05) is 0 Å². The molecule has 26 heavy (non-hydrogen) atoms. The molecule has 0 fully saturated rings. The zero-order chi connectivity index (χ0) is 20.5. The van der Waals surface area contributed by atoms with Crippen LogP contribution in [0.3, 0.4) is 0 Å². The molecule has 4 atom stereocenters. The Labute approximate surface area is 172 Å². The molecule has 0 aliphatic rings. The Morgan fingerprint density at radius 2 is 0.538 bits per heavy atom. The third-order valence-corrected chi connectivity index (χ3v) is 9.34. The van der Waals surface area contributed by atoms with Crippen molar-refractivity contribution in [3.8, 4) is 0 Å². The van der Waals surface area contributed by atoms with Gasteiger partial charge in [0.05, 0.1) is 0 Å². The summed E-state index contributed by atoms with van der Waals surface area (Å²) in [6, 6.07) is 0. The molecule has 0 rings (SSSR count). The molecule has 0 spiro atoms. The van der Waals surface area contributed by atoms with Gasteiger partial charge in [-0.3, -0.25) is 0 Å². The topological polar surface area (TPSA) is 310 Å². The number of phosphoric acid groups is 6. The second-order valence-corrected chi connectivity index (χ2v) is 12.2. The van der Waals surface area contributed by atoms with Gasteiger partial charge in [-0.15, -0.1) is 0 Å². The minimum atomic E-state index is -6.26. The molecule has 0 saturated heterocycles. The summed E-state index contributed by atoms with van der Waals surface area (Å²) in [5, 5.41) is 0. The first-order chi connectivity index (χ1) is 10.5. The van der Waals surface area contributed by atoms with E-state index in [4.69, 9.17) is 39.1 Å². The molecule has 26 heteroatoms. The maximum absolute atomic E-state index is 11.2. The average Bonchev–Trinajstić information content (AvgIpc) is 1.97. The summed E-state index contributed by atoms with van der Waals surface area (Å²) in [6.07, 6.45) is 0. The third-order valence-electron chi connectivity index (χ3n) is 1.04. The molecule has 0 aromatic heterocycles. The fourth-order valence-corrected chi connectivity index (χ4v) is 7.55. The van der Waals surface area contributed by atoms with Gasteiger partial charge < -0.3 is 39.1 Å². The van der Waals surface area contributed by atoms with Crippen LogP contribution in [0.4, 0.5) is 0 Å². The predicted molar refractivity (Wildman–Crippen MR) is 77.4 cm³/mol. The van der Waals surface area contributed by atoms with Crippen molar-refractivity contribution >= 4 is 84.7 Å². The van der Waals surface area contributed by atoms with Crippen molar-refractivity contribution in [1.82, 2.24) is 0 Å². The van der Waals surface area contributed by atoms with Gasteiger partial charge in [0.15, 0.2) is 0 Å². The summed E-state index contributed by atoms with van der Waals surface area (Å²) < 4.78 is 80.4. The van der Waals surface area contributed by atoms with E-state index < -0.39 is 46.9 Å². The van der Waals surface area contributed by atoms with Crippen molar-refractivity contribution in [2.24, 2.45) is 0 Å². The zero-order valence-corrected chi connectivity index (χ0v) is 16.1. The maximum atomic E-state index is 11.2. The summed E-state index contributed by atoms with van der Waals surface area (Å²) in [5.41, 5.74) is 0. The normalized spacial score (nSPS) is 22.2. The Hall–Kier alpha value is 2.12. The molecule has 0 bridgehead atoms. The zero-order valence-electron chi connectivity index (χ0n) is 10.8. The van der Waals surface area contributed by atoms with Gasteiger partial charge >= 0.3 is 84.7 Å². The molecule has 8 N–H and O–H groups in total. The molecule has 0 radical (unpaired) electrons. The van der Waals surface area contributed by atoms with Crippen molar-refractivity contribution in [2.75, 3.05) is 0 Å². The van der Waals surface area contributed by atoms with Crippen LogP contribution < -0.4 is 0 Å². The van der Waals surface area contributed by atoms with Gasteiger partial charge in [-0.1, -0.05) is 0 Å². The van der Waals surface area contributed by atoms with Gasteiger partial charge in [0.1, 0.15) is 0 Å². The summed E-state index contributed by atoms with van der Waals surface area (Å²) >= 11 is 0. The second-order valence-electron chi connectivity index (χ2n) is 3.26. The van der Waals surface area contributed by atoms with Gasteiger partial charge in [-0.05, 0) is 0 Å². The van der Waals surface area contributed by atoms with E-state index in [0.29, 0.717) is 0 Å². The summed E-state index contributed by atoms with van der Waals surface area (Å²) in [6.45, 7) is 0. The van der Waals surface area contributed by atoms with Crippen LogP contribution in [-0.4, -0.2) is 76.9 Å². The van der Waals surface area contributed by atoms with E-state index in [-0.39, 0.29) is 37.7 Å². The number of hydrogen-bond donors (Lipinski definition) is 8. The third kappa shape index (κ3) is 16.0. The van der Waals surface area contributed by atoms with Crippen molar-refractivity contribution < 1.29 is 88.1 Å². The Morgan fingerprint density at radius 3 is 0.692 bits per heavy atom. The molecule has 0 saturated carbocycles. The van der Waals surface area contributed by atoms with Crippen LogP contribution in [0.5, 0.6) is 0 Å². The Morgan fingerprint density at radius 1 is 0.385 bits per heavy atom. The average molecular weight is 540 g/mol. The summed E-state index contributed by atoms with van der Waals surface area (Å²) in [4.78, 5) is 68.1. The molecule has 0 aliphatic carbocycles. The molecule has 0 amide bonds. The molecular formula is H10CaO19P6. The standard InChI is InChI=1S/Ca.H8O19P6.2H/c;1-20(2,3)15-22(7,8)17-24(11,12)19-25(13,14)18-23(9,10)16-21(4,5)6;;/h;(H,7,8)(H,9,10)(H,11,12)(H,13,14)(H2,1,2,3)(H2,4,5,6);;. The van der Waals surface area contributed by atoms with Gasteiger partial charge in [0, 0.05) is 0 Å². The van der Waals surface area contributed by atoms with Crippen LogP contribution in [0, 0.1) is 0 Å². The van der Waals surface area contributed by atoms with Crippen LogP contribution in [-0.2, 0) is 48.9 Å². The quantitative estimate of drug-likeness (QED) is 0.118. The SMILES string of the molecule is O=P(O)(O)OP(=O)(O)OP(=O)(O)OP(=O)(O)OP(=O)(O)OP(=O)(O)O.[CaH2]. The van der Waals surface area contributed by atoms with Crippen LogP contribution in [0.25, 0.3) is 0 Å². The first-order valence-electron chi connectivity index (χ1n) is 4.52. The summed E-state index contributed by atoms with van der Waals surface area (Å²) in [7, 11) is -36.2. The van der Waals surface area contributed by atoms with E-state index in [1.165, 1.54) is 0 Å². The minimum absolute atomic E-state index is 0. The van der Waals surface area contributed by atoms with Crippen LogP contribution in [0.15, 0.2) is 0 Å². The fraction of sp³-hybridized carbons (Fsp3) is 0. The van der Waals surface area contributed by atoms with Crippen molar-refractivity contribution in [2.45, 2.75) is 0 Å².